The SMILES string of the molecule is CCCC(C)(C)c1ccc(C(C)CC)cc1. The van der Waals surface area contributed by atoms with Crippen LogP contribution in [0.15, 0.2) is 24.3 Å². The summed E-state index contributed by atoms with van der Waals surface area (Å²) in [7, 11) is 0. The van der Waals surface area contributed by atoms with Gasteiger partial charge in [-0.1, -0.05) is 65.3 Å². The lowest BCUT2D eigenvalue weighted by molar-refractivity contribution is 0.473. The van der Waals surface area contributed by atoms with Gasteiger partial charge in [-0.05, 0) is 35.3 Å². The van der Waals surface area contributed by atoms with Crippen molar-refractivity contribution in [2.45, 2.75) is 65.2 Å². The monoisotopic (exact) mass is 218 g/mol. The summed E-state index contributed by atoms with van der Waals surface area (Å²) in [6.07, 6.45) is 3.73. The Bertz CT molecular complexity index is 305. The van der Waals surface area contributed by atoms with Crippen LogP contribution >= 0.6 is 0 Å². The summed E-state index contributed by atoms with van der Waals surface area (Å²) in [6, 6.07) is 9.25. The second-order valence-electron chi connectivity index (χ2n) is 5.57. The quantitative estimate of drug-likeness (QED) is 0.631. The van der Waals surface area contributed by atoms with E-state index in [4.69, 9.17) is 0 Å². The highest BCUT2D eigenvalue weighted by Crippen LogP contribution is 2.29. The van der Waals surface area contributed by atoms with Crippen LogP contribution in [-0.4, -0.2) is 0 Å². The van der Waals surface area contributed by atoms with Crippen molar-refractivity contribution in [2.24, 2.45) is 0 Å². The highest BCUT2D eigenvalue weighted by atomic mass is 14.2. The van der Waals surface area contributed by atoms with E-state index in [9.17, 15) is 0 Å². The fourth-order valence-corrected chi connectivity index (χ4v) is 2.27. The van der Waals surface area contributed by atoms with E-state index in [1.807, 2.05) is 0 Å². The molecule has 0 aliphatic heterocycles. The maximum absolute atomic E-state index is 2.34. The Labute approximate surface area is 101 Å². The molecule has 0 fully saturated rings. The maximum atomic E-state index is 2.34. The van der Waals surface area contributed by atoms with Gasteiger partial charge >= 0.3 is 0 Å². The van der Waals surface area contributed by atoms with E-state index in [0.717, 1.165) is 0 Å². The topological polar surface area (TPSA) is 0 Å². The molecule has 0 amide bonds. The van der Waals surface area contributed by atoms with Crippen molar-refractivity contribution in [3.63, 3.8) is 0 Å². The van der Waals surface area contributed by atoms with Gasteiger partial charge in [0.25, 0.3) is 0 Å². The molecular formula is C16H26. The fraction of sp³-hybridized carbons (Fsp3) is 0.625. The molecule has 0 aromatic heterocycles. The molecule has 0 saturated carbocycles. The minimum Gasteiger partial charge on any atom is -0.0654 e. The second kappa shape index (κ2) is 5.52. The Morgan fingerprint density at radius 3 is 2.06 bits per heavy atom. The zero-order valence-corrected chi connectivity index (χ0v) is 11.5. The summed E-state index contributed by atoms with van der Waals surface area (Å²) in [4.78, 5) is 0. The first kappa shape index (κ1) is 13.3. The molecule has 0 saturated heterocycles. The minimum absolute atomic E-state index is 0.322. The molecule has 0 aliphatic carbocycles. The molecule has 1 aromatic carbocycles. The molecule has 1 atom stereocenters. The lowest BCUT2D eigenvalue weighted by atomic mass is 9.80. The van der Waals surface area contributed by atoms with Crippen molar-refractivity contribution in [3.8, 4) is 0 Å². The van der Waals surface area contributed by atoms with Crippen LogP contribution in [0.1, 0.15) is 70.9 Å². The van der Waals surface area contributed by atoms with Crippen LogP contribution in [0.4, 0.5) is 0 Å². The zero-order chi connectivity index (χ0) is 12.2. The molecule has 0 N–H and O–H groups in total. The third-order valence-corrected chi connectivity index (χ3v) is 3.75. The van der Waals surface area contributed by atoms with Gasteiger partial charge in [-0.25, -0.2) is 0 Å². The van der Waals surface area contributed by atoms with Crippen molar-refractivity contribution in [3.05, 3.63) is 35.4 Å². The van der Waals surface area contributed by atoms with Gasteiger partial charge in [-0.15, -0.1) is 0 Å². The van der Waals surface area contributed by atoms with Crippen molar-refractivity contribution in [1.29, 1.82) is 0 Å². The van der Waals surface area contributed by atoms with Crippen LogP contribution in [0.2, 0.25) is 0 Å². The summed E-state index contributed by atoms with van der Waals surface area (Å²) < 4.78 is 0. The van der Waals surface area contributed by atoms with Crippen LogP contribution in [-0.2, 0) is 5.41 Å². The Kier molecular flexibility index (Phi) is 4.58. The Morgan fingerprint density at radius 2 is 1.62 bits per heavy atom. The first-order valence-corrected chi connectivity index (χ1v) is 6.61. The highest BCUT2D eigenvalue weighted by Gasteiger charge is 2.19. The normalized spacial score (nSPS) is 13.8. The molecule has 1 aromatic rings. The highest BCUT2D eigenvalue weighted by molar-refractivity contribution is 5.29. The lowest BCUT2D eigenvalue weighted by Gasteiger charge is -2.25. The number of rotatable bonds is 5. The maximum Gasteiger partial charge on any atom is -0.0104 e. The Hall–Kier alpha value is -0.780. The summed E-state index contributed by atoms with van der Waals surface area (Å²) >= 11 is 0. The summed E-state index contributed by atoms with van der Waals surface area (Å²) in [5, 5.41) is 0. The number of benzene rings is 1. The molecule has 0 spiro atoms. The molecular weight excluding hydrogens is 192 g/mol. The predicted octanol–water partition coefficient (Wildman–Crippen LogP) is 5.28. The average Bonchev–Trinajstić information content (AvgIpc) is 2.28. The van der Waals surface area contributed by atoms with Gasteiger partial charge in [-0.2, -0.15) is 0 Å². The fourth-order valence-electron chi connectivity index (χ4n) is 2.27. The van der Waals surface area contributed by atoms with E-state index in [2.05, 4.69) is 58.9 Å². The summed E-state index contributed by atoms with van der Waals surface area (Å²) in [5.74, 6) is 0.684. The van der Waals surface area contributed by atoms with E-state index in [0.29, 0.717) is 11.3 Å². The molecule has 0 heteroatoms. The number of hydrogen-bond acceptors (Lipinski definition) is 0. The first-order chi connectivity index (χ1) is 7.51. The zero-order valence-electron chi connectivity index (χ0n) is 11.5. The average molecular weight is 218 g/mol. The predicted molar refractivity (Wildman–Crippen MR) is 73.1 cm³/mol. The van der Waals surface area contributed by atoms with Crippen molar-refractivity contribution < 1.29 is 0 Å². The van der Waals surface area contributed by atoms with Gasteiger partial charge in [0.2, 0.25) is 0 Å². The van der Waals surface area contributed by atoms with Crippen LogP contribution in [0, 0.1) is 0 Å². The Morgan fingerprint density at radius 1 is 1.06 bits per heavy atom. The molecule has 0 bridgehead atoms. The Balaban J connectivity index is 2.86. The van der Waals surface area contributed by atoms with Gasteiger partial charge < -0.3 is 0 Å². The van der Waals surface area contributed by atoms with Gasteiger partial charge in [0, 0.05) is 0 Å². The van der Waals surface area contributed by atoms with E-state index >= 15 is 0 Å². The van der Waals surface area contributed by atoms with E-state index in [-0.39, 0.29) is 0 Å². The van der Waals surface area contributed by atoms with E-state index < -0.39 is 0 Å². The van der Waals surface area contributed by atoms with Crippen LogP contribution in [0.5, 0.6) is 0 Å². The smallest absolute Gasteiger partial charge is 0.0104 e. The number of hydrogen-bond donors (Lipinski definition) is 0. The van der Waals surface area contributed by atoms with Gasteiger partial charge in [0.15, 0.2) is 0 Å². The van der Waals surface area contributed by atoms with Gasteiger partial charge in [-0.3, -0.25) is 0 Å². The minimum atomic E-state index is 0.322. The second-order valence-corrected chi connectivity index (χ2v) is 5.57. The van der Waals surface area contributed by atoms with Gasteiger partial charge in [0.1, 0.15) is 0 Å². The third-order valence-electron chi connectivity index (χ3n) is 3.75. The van der Waals surface area contributed by atoms with Gasteiger partial charge in [0.05, 0.1) is 0 Å². The molecule has 0 radical (unpaired) electrons. The standard InChI is InChI=1S/C16H26/c1-6-12-16(4,5)15-10-8-14(9-11-15)13(3)7-2/h8-11,13H,6-7,12H2,1-5H3. The molecule has 0 aliphatic rings. The van der Waals surface area contributed by atoms with Crippen molar-refractivity contribution in [2.75, 3.05) is 0 Å². The van der Waals surface area contributed by atoms with Crippen molar-refractivity contribution >= 4 is 0 Å². The van der Waals surface area contributed by atoms with E-state index in [1.54, 1.807) is 0 Å². The molecule has 0 heterocycles. The molecule has 1 rings (SSSR count). The summed E-state index contributed by atoms with van der Waals surface area (Å²) in [5.41, 5.74) is 3.27. The van der Waals surface area contributed by atoms with Crippen LogP contribution < -0.4 is 0 Å². The molecule has 1 unspecified atom stereocenters. The van der Waals surface area contributed by atoms with Crippen LogP contribution in [0.25, 0.3) is 0 Å². The van der Waals surface area contributed by atoms with Crippen LogP contribution in [0.3, 0.4) is 0 Å². The van der Waals surface area contributed by atoms with Crippen molar-refractivity contribution in [1.82, 2.24) is 0 Å². The molecule has 90 valence electrons. The third kappa shape index (κ3) is 3.10. The first-order valence-electron chi connectivity index (χ1n) is 6.61. The summed E-state index contributed by atoms with van der Waals surface area (Å²) in [6.45, 7) is 11.5. The molecule has 0 nitrogen and oxygen atoms in total. The lowest BCUT2D eigenvalue weighted by Crippen LogP contribution is -2.16. The van der Waals surface area contributed by atoms with E-state index in [1.165, 1.54) is 30.4 Å². The largest absolute Gasteiger partial charge is 0.0654 e. The molecule has 16 heavy (non-hydrogen) atoms.